The number of nitrogens with one attached hydrogen (secondary N) is 1. The molecule has 0 saturated carbocycles. The summed E-state index contributed by atoms with van der Waals surface area (Å²) in [4.78, 5) is 11.7. The fourth-order valence-electron chi connectivity index (χ4n) is 1.79. The third kappa shape index (κ3) is 5.96. The summed E-state index contributed by atoms with van der Waals surface area (Å²) in [7, 11) is 0. The molecule has 5 heteroatoms. The Hall–Kier alpha value is -2.59. The molecule has 2 aromatic carbocycles. The highest BCUT2D eigenvalue weighted by Crippen LogP contribution is 2.22. The molecule has 1 amide bonds. The van der Waals surface area contributed by atoms with Crippen molar-refractivity contribution in [3.05, 3.63) is 70.8 Å². The third-order valence-electron chi connectivity index (χ3n) is 2.85. The van der Waals surface area contributed by atoms with E-state index in [4.69, 9.17) is 16.3 Å². The molecule has 0 aliphatic rings. The zero-order valence-corrected chi connectivity index (χ0v) is 13.5. The van der Waals surface area contributed by atoms with Gasteiger partial charge in [0.1, 0.15) is 5.75 Å². The van der Waals surface area contributed by atoms with Gasteiger partial charge in [0.05, 0.1) is 11.2 Å². The Bertz CT molecular complexity index is 712. The Morgan fingerprint density at radius 2 is 1.87 bits per heavy atom. The lowest BCUT2D eigenvalue weighted by Crippen LogP contribution is -2.24. The topological polar surface area (TPSA) is 50.7 Å². The molecule has 0 atom stereocenters. The number of allylic oxidation sites excluding steroid dienone is 1. The maximum Gasteiger partial charge on any atom is 0.277 e. The molecule has 2 aromatic rings. The molecule has 0 spiro atoms. The smallest absolute Gasteiger partial charge is 0.277 e. The molecule has 0 fully saturated rings. The number of ether oxygens (including phenoxy) is 1. The van der Waals surface area contributed by atoms with Crippen LogP contribution in [0.3, 0.4) is 0 Å². The molecule has 0 aromatic heterocycles. The summed E-state index contributed by atoms with van der Waals surface area (Å²) in [5.41, 5.74) is 4.40. The van der Waals surface area contributed by atoms with E-state index >= 15 is 0 Å². The van der Waals surface area contributed by atoms with Gasteiger partial charge in [-0.1, -0.05) is 60.1 Å². The molecule has 0 heterocycles. The fourth-order valence-corrected chi connectivity index (χ4v) is 1.98. The maximum atomic E-state index is 11.7. The first-order valence-electron chi connectivity index (χ1n) is 7.08. The molecular weight excluding hydrogens is 312 g/mol. The van der Waals surface area contributed by atoms with E-state index in [1.165, 1.54) is 0 Å². The van der Waals surface area contributed by atoms with E-state index in [-0.39, 0.29) is 12.5 Å². The molecule has 118 valence electrons. The summed E-state index contributed by atoms with van der Waals surface area (Å²) in [5.74, 6) is 0.113. The van der Waals surface area contributed by atoms with Gasteiger partial charge in [-0.05, 0) is 30.2 Å². The molecule has 4 nitrogen and oxygen atoms in total. The van der Waals surface area contributed by atoms with Crippen LogP contribution in [0.2, 0.25) is 5.02 Å². The fraction of sp³-hybridized carbons (Fsp3) is 0.111. The van der Waals surface area contributed by atoms with Gasteiger partial charge >= 0.3 is 0 Å². The summed E-state index contributed by atoms with van der Waals surface area (Å²) in [6.45, 7) is 1.76. The summed E-state index contributed by atoms with van der Waals surface area (Å²) in [6.07, 6.45) is 3.55. The molecule has 1 N–H and O–H groups in total. The molecule has 23 heavy (non-hydrogen) atoms. The number of rotatable bonds is 6. The van der Waals surface area contributed by atoms with Crippen LogP contribution in [-0.2, 0) is 4.79 Å². The van der Waals surface area contributed by atoms with Gasteiger partial charge < -0.3 is 4.74 Å². The number of hydrogen-bond donors (Lipinski definition) is 1. The Labute approximate surface area is 140 Å². The normalized spacial score (nSPS) is 11.5. The highest BCUT2D eigenvalue weighted by molar-refractivity contribution is 6.32. The molecule has 0 aliphatic heterocycles. The van der Waals surface area contributed by atoms with Crippen molar-refractivity contribution >= 4 is 29.8 Å². The molecule has 0 saturated heterocycles. The van der Waals surface area contributed by atoms with Gasteiger partial charge in [0.2, 0.25) is 0 Å². The zero-order chi connectivity index (χ0) is 16.5. The lowest BCUT2D eigenvalue weighted by molar-refractivity contribution is -0.123. The average Bonchev–Trinajstić information content (AvgIpc) is 2.55. The third-order valence-corrected chi connectivity index (χ3v) is 3.16. The molecule has 2 rings (SSSR count). The van der Waals surface area contributed by atoms with E-state index < -0.39 is 0 Å². The number of hydrazone groups is 1. The second-order valence-electron chi connectivity index (χ2n) is 4.81. The van der Waals surface area contributed by atoms with Crippen LogP contribution in [0.25, 0.3) is 6.08 Å². The van der Waals surface area contributed by atoms with Crippen LogP contribution in [0, 0.1) is 0 Å². The van der Waals surface area contributed by atoms with Crippen molar-refractivity contribution in [1.29, 1.82) is 0 Å². The van der Waals surface area contributed by atoms with Crippen LogP contribution in [0.15, 0.2) is 65.3 Å². The van der Waals surface area contributed by atoms with Crippen LogP contribution in [-0.4, -0.2) is 18.7 Å². The number of amides is 1. The maximum absolute atomic E-state index is 11.7. The Balaban J connectivity index is 1.80. The minimum atomic E-state index is -0.353. The summed E-state index contributed by atoms with van der Waals surface area (Å²) in [6, 6.07) is 16.8. The van der Waals surface area contributed by atoms with E-state index in [1.807, 2.05) is 43.3 Å². The van der Waals surface area contributed by atoms with Crippen molar-refractivity contribution in [3.8, 4) is 5.75 Å². The summed E-state index contributed by atoms with van der Waals surface area (Å²) >= 11 is 5.94. The van der Waals surface area contributed by atoms with Gasteiger partial charge in [0.25, 0.3) is 5.91 Å². The Kier molecular flexibility index (Phi) is 6.39. The second-order valence-corrected chi connectivity index (χ2v) is 5.22. The van der Waals surface area contributed by atoms with E-state index in [2.05, 4.69) is 10.5 Å². The highest BCUT2D eigenvalue weighted by Gasteiger charge is 2.03. The van der Waals surface area contributed by atoms with E-state index in [9.17, 15) is 4.79 Å². The average molecular weight is 329 g/mol. The van der Waals surface area contributed by atoms with Crippen LogP contribution in [0.5, 0.6) is 5.75 Å². The van der Waals surface area contributed by atoms with E-state index in [0.717, 1.165) is 11.1 Å². The van der Waals surface area contributed by atoms with Gasteiger partial charge in [-0.2, -0.15) is 5.10 Å². The van der Waals surface area contributed by atoms with Gasteiger partial charge in [-0.25, -0.2) is 5.43 Å². The van der Waals surface area contributed by atoms with Gasteiger partial charge in [-0.3, -0.25) is 4.79 Å². The zero-order valence-electron chi connectivity index (χ0n) is 12.7. The van der Waals surface area contributed by atoms with Crippen molar-refractivity contribution in [2.75, 3.05) is 6.61 Å². The number of benzene rings is 2. The molecule has 0 bridgehead atoms. The van der Waals surface area contributed by atoms with Gasteiger partial charge in [-0.15, -0.1) is 0 Å². The molecule has 0 radical (unpaired) electrons. The number of halogens is 1. The van der Waals surface area contributed by atoms with Gasteiger partial charge in [0, 0.05) is 0 Å². The van der Waals surface area contributed by atoms with Crippen LogP contribution >= 0.6 is 11.6 Å². The lowest BCUT2D eigenvalue weighted by Gasteiger charge is -2.06. The number of nitrogens with zero attached hydrogens (tertiary/aromatic N) is 1. The largest absolute Gasteiger partial charge is 0.482 e. The molecule has 0 aliphatic carbocycles. The monoisotopic (exact) mass is 328 g/mol. The number of carbonyl (C=O) groups excluding carboxylic acids is 1. The summed E-state index contributed by atoms with van der Waals surface area (Å²) < 4.78 is 5.32. The number of carbonyl (C=O) groups is 1. The SMILES string of the molecule is CC(=C/c1ccccc1)/C=N/NC(=O)COc1ccccc1Cl. The van der Waals surface area contributed by atoms with Crippen molar-refractivity contribution in [2.45, 2.75) is 6.92 Å². The van der Waals surface area contributed by atoms with E-state index in [1.54, 1.807) is 30.5 Å². The predicted molar refractivity (Wildman–Crippen MR) is 93.7 cm³/mol. The highest BCUT2D eigenvalue weighted by atomic mass is 35.5. The van der Waals surface area contributed by atoms with Crippen LogP contribution in [0.4, 0.5) is 0 Å². The minimum Gasteiger partial charge on any atom is -0.482 e. The first-order chi connectivity index (χ1) is 11.1. The van der Waals surface area contributed by atoms with Crippen molar-refractivity contribution in [3.63, 3.8) is 0 Å². The number of hydrogen-bond acceptors (Lipinski definition) is 3. The van der Waals surface area contributed by atoms with Crippen molar-refractivity contribution in [2.24, 2.45) is 5.10 Å². The quantitative estimate of drug-likeness (QED) is 0.645. The van der Waals surface area contributed by atoms with Gasteiger partial charge in [0.15, 0.2) is 6.61 Å². The standard InChI is InChI=1S/C18H17ClN2O2/c1-14(11-15-7-3-2-4-8-15)12-20-21-18(22)13-23-17-10-6-5-9-16(17)19/h2-12H,13H2,1H3,(H,21,22)/b14-11-,20-12+. The number of para-hydroxylation sites is 1. The van der Waals surface area contributed by atoms with Crippen molar-refractivity contribution in [1.82, 2.24) is 5.43 Å². The summed E-state index contributed by atoms with van der Waals surface area (Å²) in [5, 5.41) is 4.36. The second kappa shape index (κ2) is 8.76. The first kappa shape index (κ1) is 16.8. The Morgan fingerprint density at radius 3 is 2.61 bits per heavy atom. The molecule has 0 unspecified atom stereocenters. The minimum absolute atomic E-state index is 0.150. The first-order valence-corrected chi connectivity index (χ1v) is 7.45. The van der Waals surface area contributed by atoms with Crippen LogP contribution < -0.4 is 10.2 Å². The van der Waals surface area contributed by atoms with Crippen LogP contribution in [0.1, 0.15) is 12.5 Å². The molecular formula is C18H17ClN2O2. The lowest BCUT2D eigenvalue weighted by atomic mass is 10.1. The predicted octanol–water partition coefficient (Wildman–Crippen LogP) is 3.92. The Morgan fingerprint density at radius 1 is 1.17 bits per heavy atom. The van der Waals surface area contributed by atoms with E-state index in [0.29, 0.717) is 10.8 Å². The van der Waals surface area contributed by atoms with Crippen molar-refractivity contribution < 1.29 is 9.53 Å².